The van der Waals surface area contributed by atoms with E-state index in [0.717, 1.165) is 37.9 Å². The second kappa shape index (κ2) is 7.41. The Labute approximate surface area is 141 Å². The molecule has 0 spiro atoms. The molecule has 23 heavy (non-hydrogen) atoms. The van der Waals surface area contributed by atoms with E-state index in [1.165, 1.54) is 9.71 Å². The van der Waals surface area contributed by atoms with Gasteiger partial charge in [0.1, 0.15) is 0 Å². The van der Waals surface area contributed by atoms with E-state index in [-0.39, 0.29) is 11.9 Å². The minimum Gasteiger partial charge on any atom is -0.353 e. The molecule has 2 aromatic rings. The number of carbonyl (C=O) groups excluding carboxylic acids is 1. The summed E-state index contributed by atoms with van der Waals surface area (Å²) >= 11 is 1.82. The van der Waals surface area contributed by atoms with E-state index in [1.54, 1.807) is 0 Å². The predicted molar refractivity (Wildman–Crippen MR) is 95.9 cm³/mol. The number of benzene rings is 1. The Morgan fingerprint density at radius 3 is 2.83 bits per heavy atom. The third-order valence-corrected chi connectivity index (χ3v) is 5.83. The van der Waals surface area contributed by atoms with Gasteiger partial charge in [0.2, 0.25) is 5.91 Å². The monoisotopic (exact) mass is 331 g/mol. The van der Waals surface area contributed by atoms with Crippen LogP contribution in [0, 0.1) is 0 Å². The number of carbonyl (C=O) groups is 1. The number of amides is 1. The second-order valence-electron chi connectivity index (χ2n) is 6.45. The van der Waals surface area contributed by atoms with Crippen LogP contribution in [0.15, 0.2) is 24.3 Å². The number of para-hydroxylation sites is 1. The number of fused-ring (bicyclic) bond motifs is 1. The summed E-state index contributed by atoms with van der Waals surface area (Å²) in [5, 5.41) is 4.31. The Morgan fingerprint density at radius 1 is 1.39 bits per heavy atom. The standard InChI is InChI=1S/C18H25N3OS/c1-3-13(2)19-17(22)12-21-10-8-14(9-11-21)18-20-15-6-4-5-7-16(15)23-18/h4-7,13-14H,3,8-12H2,1-2H3,(H,19,22)/t13-/m0/s1. The van der Waals surface area contributed by atoms with Crippen LogP contribution in [0.1, 0.15) is 44.0 Å². The van der Waals surface area contributed by atoms with Gasteiger partial charge in [-0.3, -0.25) is 9.69 Å². The fraction of sp³-hybridized carbons (Fsp3) is 0.556. The average molecular weight is 331 g/mol. The molecule has 1 aromatic heterocycles. The lowest BCUT2D eigenvalue weighted by atomic mass is 9.97. The van der Waals surface area contributed by atoms with Crippen molar-refractivity contribution in [3.63, 3.8) is 0 Å². The van der Waals surface area contributed by atoms with Crippen molar-refractivity contribution in [2.24, 2.45) is 0 Å². The maximum absolute atomic E-state index is 12.0. The smallest absolute Gasteiger partial charge is 0.234 e. The highest BCUT2D eigenvalue weighted by molar-refractivity contribution is 7.18. The molecule has 1 aliphatic heterocycles. The molecule has 2 heterocycles. The molecule has 1 N–H and O–H groups in total. The maximum atomic E-state index is 12.0. The van der Waals surface area contributed by atoms with Gasteiger partial charge in [0.25, 0.3) is 0 Å². The highest BCUT2D eigenvalue weighted by Crippen LogP contribution is 2.33. The van der Waals surface area contributed by atoms with Crippen molar-refractivity contribution in [2.45, 2.75) is 45.1 Å². The minimum absolute atomic E-state index is 0.151. The van der Waals surface area contributed by atoms with Crippen molar-refractivity contribution in [1.82, 2.24) is 15.2 Å². The van der Waals surface area contributed by atoms with Crippen molar-refractivity contribution >= 4 is 27.5 Å². The molecule has 1 atom stereocenters. The molecule has 0 aliphatic carbocycles. The molecule has 5 heteroatoms. The fourth-order valence-electron chi connectivity index (χ4n) is 3.03. The lowest BCUT2D eigenvalue weighted by molar-refractivity contribution is -0.123. The maximum Gasteiger partial charge on any atom is 0.234 e. The van der Waals surface area contributed by atoms with Gasteiger partial charge in [-0.25, -0.2) is 4.98 Å². The van der Waals surface area contributed by atoms with Crippen molar-refractivity contribution in [3.05, 3.63) is 29.3 Å². The van der Waals surface area contributed by atoms with E-state index in [9.17, 15) is 4.79 Å². The van der Waals surface area contributed by atoms with E-state index >= 15 is 0 Å². The normalized spacial score (nSPS) is 18.2. The molecule has 0 unspecified atom stereocenters. The molecule has 124 valence electrons. The molecular weight excluding hydrogens is 306 g/mol. The van der Waals surface area contributed by atoms with Crippen LogP contribution in [0.4, 0.5) is 0 Å². The number of piperidine rings is 1. The number of nitrogens with zero attached hydrogens (tertiary/aromatic N) is 2. The van der Waals surface area contributed by atoms with E-state index in [4.69, 9.17) is 4.98 Å². The van der Waals surface area contributed by atoms with Crippen LogP contribution in [0.3, 0.4) is 0 Å². The molecule has 1 amide bonds. The first-order chi connectivity index (χ1) is 11.2. The van der Waals surface area contributed by atoms with Crippen LogP contribution >= 0.6 is 11.3 Å². The Morgan fingerprint density at radius 2 is 2.13 bits per heavy atom. The van der Waals surface area contributed by atoms with Crippen LogP contribution < -0.4 is 5.32 Å². The first-order valence-corrected chi connectivity index (χ1v) is 9.34. The topological polar surface area (TPSA) is 45.2 Å². The van der Waals surface area contributed by atoms with E-state index in [0.29, 0.717) is 12.5 Å². The summed E-state index contributed by atoms with van der Waals surface area (Å²) < 4.78 is 1.28. The Bertz CT molecular complexity index is 628. The molecule has 1 aromatic carbocycles. The summed E-state index contributed by atoms with van der Waals surface area (Å²) in [4.78, 5) is 19.0. The zero-order valence-corrected chi connectivity index (χ0v) is 14.7. The summed E-state index contributed by atoms with van der Waals surface area (Å²) in [6, 6.07) is 8.62. The summed E-state index contributed by atoms with van der Waals surface area (Å²) in [5.41, 5.74) is 1.11. The largest absolute Gasteiger partial charge is 0.353 e. The first kappa shape index (κ1) is 16.4. The van der Waals surface area contributed by atoms with Gasteiger partial charge in [0, 0.05) is 12.0 Å². The SMILES string of the molecule is CC[C@H](C)NC(=O)CN1CCC(c2nc3ccccc3s2)CC1. The Hall–Kier alpha value is -1.46. The van der Waals surface area contributed by atoms with Gasteiger partial charge < -0.3 is 5.32 Å². The number of hydrogen-bond acceptors (Lipinski definition) is 4. The summed E-state index contributed by atoms with van der Waals surface area (Å²) in [6.45, 7) is 6.63. The van der Waals surface area contributed by atoms with Gasteiger partial charge in [-0.05, 0) is 51.4 Å². The highest BCUT2D eigenvalue weighted by atomic mass is 32.1. The van der Waals surface area contributed by atoms with Gasteiger partial charge in [0.05, 0.1) is 21.8 Å². The quantitative estimate of drug-likeness (QED) is 0.913. The summed E-state index contributed by atoms with van der Waals surface area (Å²) in [7, 11) is 0. The van der Waals surface area contributed by atoms with Crippen molar-refractivity contribution < 1.29 is 4.79 Å². The Balaban J connectivity index is 1.53. The van der Waals surface area contributed by atoms with Gasteiger partial charge in [-0.2, -0.15) is 0 Å². The molecule has 1 aliphatic rings. The number of thiazole rings is 1. The van der Waals surface area contributed by atoms with Gasteiger partial charge >= 0.3 is 0 Å². The molecule has 4 nitrogen and oxygen atoms in total. The predicted octanol–water partition coefficient (Wildman–Crippen LogP) is 3.39. The van der Waals surface area contributed by atoms with Crippen LogP contribution in [-0.2, 0) is 4.79 Å². The first-order valence-electron chi connectivity index (χ1n) is 8.53. The van der Waals surface area contributed by atoms with Gasteiger partial charge in [-0.15, -0.1) is 11.3 Å². The third kappa shape index (κ3) is 4.09. The number of rotatable bonds is 5. The molecule has 1 fully saturated rings. The average Bonchev–Trinajstić information content (AvgIpc) is 2.99. The lowest BCUT2D eigenvalue weighted by Gasteiger charge is -2.30. The van der Waals surface area contributed by atoms with Crippen LogP contribution in [0.5, 0.6) is 0 Å². The summed E-state index contributed by atoms with van der Waals surface area (Å²) in [5.74, 6) is 0.694. The van der Waals surface area contributed by atoms with Crippen molar-refractivity contribution in [2.75, 3.05) is 19.6 Å². The zero-order valence-electron chi connectivity index (χ0n) is 13.9. The van der Waals surface area contributed by atoms with E-state index in [1.807, 2.05) is 17.4 Å². The highest BCUT2D eigenvalue weighted by Gasteiger charge is 2.24. The zero-order chi connectivity index (χ0) is 16.2. The lowest BCUT2D eigenvalue weighted by Crippen LogP contribution is -2.43. The summed E-state index contributed by atoms with van der Waals surface area (Å²) in [6.07, 6.45) is 3.16. The molecule has 0 saturated carbocycles. The van der Waals surface area contributed by atoms with Crippen LogP contribution in [-0.4, -0.2) is 41.5 Å². The number of nitrogens with one attached hydrogen (secondary N) is 1. The number of likely N-dealkylation sites (tertiary alicyclic amines) is 1. The van der Waals surface area contributed by atoms with Crippen molar-refractivity contribution in [3.8, 4) is 0 Å². The third-order valence-electron chi connectivity index (χ3n) is 4.63. The molecule has 3 rings (SSSR count). The van der Waals surface area contributed by atoms with Gasteiger partial charge in [0.15, 0.2) is 0 Å². The molecule has 1 saturated heterocycles. The molecule has 0 radical (unpaired) electrons. The van der Waals surface area contributed by atoms with Crippen molar-refractivity contribution in [1.29, 1.82) is 0 Å². The molecule has 0 bridgehead atoms. The van der Waals surface area contributed by atoms with Crippen LogP contribution in [0.2, 0.25) is 0 Å². The number of hydrogen-bond donors (Lipinski definition) is 1. The van der Waals surface area contributed by atoms with E-state index in [2.05, 4.69) is 42.3 Å². The van der Waals surface area contributed by atoms with Crippen LogP contribution in [0.25, 0.3) is 10.2 Å². The fourth-order valence-corrected chi connectivity index (χ4v) is 4.16. The minimum atomic E-state index is 0.151. The molecular formula is C18H25N3OS. The van der Waals surface area contributed by atoms with E-state index < -0.39 is 0 Å². The number of aromatic nitrogens is 1. The second-order valence-corrected chi connectivity index (χ2v) is 7.51. The Kier molecular flexibility index (Phi) is 5.28. The van der Waals surface area contributed by atoms with Gasteiger partial charge in [-0.1, -0.05) is 19.1 Å².